The molecule has 4 aliphatic rings. The molecule has 1 unspecified atom stereocenters. The molecule has 0 spiro atoms. The van der Waals surface area contributed by atoms with Crippen LogP contribution in [0.2, 0.25) is 0 Å². The van der Waals surface area contributed by atoms with E-state index in [0.29, 0.717) is 42.3 Å². The first-order valence-electron chi connectivity index (χ1n) is 20.0. The zero-order valence-electron chi connectivity index (χ0n) is 32.6. The zero-order chi connectivity index (χ0) is 39.1. The third kappa shape index (κ3) is 12.3. The van der Waals surface area contributed by atoms with Crippen molar-refractivity contribution in [2.24, 2.45) is 0 Å². The van der Waals surface area contributed by atoms with Crippen molar-refractivity contribution in [1.82, 2.24) is 21.3 Å². The number of amides is 4. The number of carbonyl (C=O) groups excluding carboxylic acids is 5. The fraction of sp³-hybridized carbons (Fsp3) is 0.683. The number of unbranched alkanes of at least 4 members (excludes halogenated alkanes) is 10. The molecule has 5 N–H and O–H groups in total. The van der Waals surface area contributed by atoms with Gasteiger partial charge in [-0.3, -0.25) is 14.4 Å². The monoisotopic (exact) mass is 770 g/mol. The molecule has 0 aromatic rings. The Morgan fingerprint density at radius 2 is 1.69 bits per heavy atom. The van der Waals surface area contributed by atoms with E-state index in [1.807, 2.05) is 37.8 Å². The van der Waals surface area contributed by atoms with E-state index >= 15 is 0 Å². The average molecular weight is 771 g/mol. The highest BCUT2D eigenvalue weighted by Gasteiger charge is 2.79. The maximum Gasteiger partial charge on any atom is 0.337 e. The Hall–Kier alpha value is -3.42. The number of ketones is 1. The molecule has 4 amide bonds. The van der Waals surface area contributed by atoms with Gasteiger partial charge in [0.05, 0.1) is 24.3 Å². The summed E-state index contributed by atoms with van der Waals surface area (Å²) in [4.78, 5) is 61.3. The van der Waals surface area contributed by atoms with Crippen LogP contribution in [-0.2, 0) is 28.7 Å². The SMILES string of the molecule is C\C=C(/C=C(C)/C=C/CC/C=C(\C)C(=O)[C@@]12O[C@H]1C(C)(O)NC2=O)C(=O)OCCCCCCCCCCCNC(=O)CCCC[C@H]1SC[C@H]2NC(=O)N[C@H]21. The highest BCUT2D eigenvalue weighted by molar-refractivity contribution is 8.00. The quantitative estimate of drug-likeness (QED) is 0.0151. The highest BCUT2D eigenvalue weighted by Crippen LogP contribution is 2.49. The number of carbonyl (C=O) groups is 5. The number of rotatable bonds is 25. The third-order valence-corrected chi connectivity index (χ3v) is 12.1. The van der Waals surface area contributed by atoms with Gasteiger partial charge in [-0.1, -0.05) is 81.2 Å². The van der Waals surface area contributed by atoms with Crippen LogP contribution in [0.3, 0.4) is 0 Å². The molecule has 0 saturated carbocycles. The van der Waals surface area contributed by atoms with Crippen LogP contribution in [0.1, 0.15) is 124 Å². The molecule has 12 nitrogen and oxygen atoms in total. The van der Waals surface area contributed by atoms with Crippen LogP contribution >= 0.6 is 11.8 Å². The standard InChI is InChI=1S/C41H62N4O8S/c1-5-30(26-28(2)20-14-13-15-21-29(3)35(47)41-37(53-41)40(4,51)45-38(41)49)36(48)52-25-19-12-10-8-6-7-9-11-18-24-42-33(46)23-17-16-22-32-34-31(27-54-32)43-39(50)44-34/h5,14,20-21,26,31-32,34,37,51H,6-13,15-19,22-25,27H2,1-4H3,(H,42,46)(H,45,49)(H2,43,44,50)/b20-14+,28-26+,29-21+,30-5+/t31-,32-,34-,37+,40?,41-/m1/s1. The van der Waals surface area contributed by atoms with E-state index < -0.39 is 29.1 Å². The highest BCUT2D eigenvalue weighted by atomic mass is 32.2. The van der Waals surface area contributed by atoms with E-state index in [-0.39, 0.29) is 30.0 Å². The molecule has 4 aliphatic heterocycles. The number of epoxide rings is 1. The summed E-state index contributed by atoms with van der Waals surface area (Å²) in [5, 5.41) is 22.1. The second-order valence-corrected chi connectivity index (χ2v) is 16.5. The van der Waals surface area contributed by atoms with Gasteiger partial charge in [0.25, 0.3) is 5.91 Å². The van der Waals surface area contributed by atoms with Gasteiger partial charge in [0, 0.05) is 24.0 Å². The Morgan fingerprint density at radius 1 is 0.981 bits per heavy atom. The second kappa shape index (κ2) is 21.0. The molecule has 0 aromatic heterocycles. The largest absolute Gasteiger partial charge is 0.462 e. The lowest BCUT2D eigenvalue weighted by atomic mass is 9.93. The summed E-state index contributed by atoms with van der Waals surface area (Å²) < 4.78 is 10.9. The molecule has 6 atom stereocenters. The normalized spacial score (nSPS) is 27.7. The van der Waals surface area contributed by atoms with Crippen LogP contribution in [0.25, 0.3) is 0 Å². The van der Waals surface area contributed by atoms with Crippen LogP contribution in [0.5, 0.6) is 0 Å². The lowest BCUT2D eigenvalue weighted by Gasteiger charge is -2.16. The Balaban J connectivity index is 0.935. The summed E-state index contributed by atoms with van der Waals surface area (Å²) in [7, 11) is 0. The van der Waals surface area contributed by atoms with Crippen molar-refractivity contribution in [3.63, 3.8) is 0 Å². The number of Topliss-reactive ketones (excluding diaryl/α,β-unsaturated/α-hetero) is 1. The van der Waals surface area contributed by atoms with E-state index in [4.69, 9.17) is 9.47 Å². The minimum atomic E-state index is -1.60. The van der Waals surface area contributed by atoms with Crippen LogP contribution in [-0.4, -0.2) is 88.4 Å². The summed E-state index contributed by atoms with van der Waals surface area (Å²) in [6.45, 7) is 7.94. The van der Waals surface area contributed by atoms with Crippen LogP contribution < -0.4 is 21.3 Å². The van der Waals surface area contributed by atoms with Crippen LogP contribution in [0, 0.1) is 0 Å². The summed E-state index contributed by atoms with van der Waals surface area (Å²) >= 11 is 1.92. The number of allylic oxidation sites excluding steroid dienone is 5. The molecule has 4 rings (SSSR count). The lowest BCUT2D eigenvalue weighted by molar-refractivity contribution is -0.139. The van der Waals surface area contributed by atoms with Crippen molar-refractivity contribution in [2.45, 2.75) is 159 Å². The number of ether oxygens (including phenoxy) is 2. The summed E-state index contributed by atoms with van der Waals surface area (Å²) in [6.07, 6.45) is 23.0. The van der Waals surface area contributed by atoms with Crippen molar-refractivity contribution < 1.29 is 38.6 Å². The molecular formula is C41H62N4O8S. The summed E-state index contributed by atoms with van der Waals surface area (Å²) in [6, 6.07) is 0.441. The Kier molecular flexibility index (Phi) is 16.9. The maximum absolute atomic E-state index is 12.8. The van der Waals surface area contributed by atoms with Crippen LogP contribution in [0.15, 0.2) is 47.1 Å². The Labute approximate surface area is 325 Å². The first kappa shape index (κ1) is 43.3. The average Bonchev–Trinajstić information content (AvgIpc) is 3.60. The van der Waals surface area contributed by atoms with Crippen molar-refractivity contribution in [3.8, 4) is 0 Å². The second-order valence-electron chi connectivity index (χ2n) is 15.2. The summed E-state index contributed by atoms with van der Waals surface area (Å²) in [5.41, 5.74) is -1.30. The topological polar surface area (TPSA) is 175 Å². The molecule has 0 radical (unpaired) electrons. The minimum Gasteiger partial charge on any atom is -0.462 e. The first-order chi connectivity index (χ1) is 25.9. The molecular weight excluding hydrogens is 709 g/mol. The number of morpholine rings is 1. The van der Waals surface area contributed by atoms with Gasteiger partial charge in [-0.15, -0.1) is 0 Å². The first-order valence-corrected chi connectivity index (χ1v) is 21.0. The number of esters is 1. The number of thioether (sulfide) groups is 1. The van der Waals surface area contributed by atoms with Crippen molar-refractivity contribution in [2.75, 3.05) is 18.9 Å². The number of nitrogens with one attached hydrogen (secondary N) is 4. The van der Waals surface area contributed by atoms with Gasteiger partial charge in [0.15, 0.2) is 11.8 Å². The van der Waals surface area contributed by atoms with E-state index in [1.54, 1.807) is 25.2 Å². The molecule has 300 valence electrons. The zero-order valence-corrected chi connectivity index (χ0v) is 33.5. The predicted octanol–water partition coefficient (Wildman–Crippen LogP) is 5.60. The van der Waals surface area contributed by atoms with E-state index in [9.17, 15) is 29.1 Å². The van der Waals surface area contributed by atoms with Crippen molar-refractivity contribution >= 4 is 41.4 Å². The van der Waals surface area contributed by atoms with Gasteiger partial charge in [0.2, 0.25) is 17.3 Å². The predicted molar refractivity (Wildman–Crippen MR) is 211 cm³/mol. The van der Waals surface area contributed by atoms with E-state index in [2.05, 4.69) is 21.3 Å². The summed E-state index contributed by atoms with van der Waals surface area (Å²) in [5.74, 6) is -0.233. The molecule has 4 fully saturated rings. The smallest absolute Gasteiger partial charge is 0.337 e. The van der Waals surface area contributed by atoms with Crippen molar-refractivity contribution in [1.29, 1.82) is 0 Å². The number of aliphatic hydroxyl groups is 1. The van der Waals surface area contributed by atoms with Crippen LogP contribution in [0.4, 0.5) is 4.79 Å². The van der Waals surface area contributed by atoms with Crippen molar-refractivity contribution in [3.05, 3.63) is 47.1 Å². The number of hydrogen-bond acceptors (Lipinski definition) is 9. The Bertz CT molecular complexity index is 1470. The van der Waals surface area contributed by atoms with Gasteiger partial charge in [0.1, 0.15) is 0 Å². The number of hydrogen-bond donors (Lipinski definition) is 5. The molecule has 0 bridgehead atoms. The molecule has 0 aromatic carbocycles. The van der Waals surface area contributed by atoms with Gasteiger partial charge in [-0.2, -0.15) is 11.8 Å². The fourth-order valence-electron chi connectivity index (χ4n) is 7.41. The van der Waals surface area contributed by atoms with E-state index in [1.165, 1.54) is 32.6 Å². The third-order valence-electron chi connectivity index (χ3n) is 10.6. The molecule has 13 heteroatoms. The number of fused-ring (bicyclic) bond motifs is 2. The fourth-order valence-corrected chi connectivity index (χ4v) is 8.95. The van der Waals surface area contributed by atoms with E-state index in [0.717, 1.165) is 69.2 Å². The Morgan fingerprint density at radius 3 is 2.35 bits per heavy atom. The molecule has 4 saturated heterocycles. The molecule has 0 aliphatic carbocycles. The molecule has 54 heavy (non-hydrogen) atoms. The van der Waals surface area contributed by atoms with Gasteiger partial charge in [-0.05, 0) is 77.9 Å². The lowest BCUT2D eigenvalue weighted by Crippen LogP contribution is -2.45. The van der Waals surface area contributed by atoms with Gasteiger partial charge < -0.3 is 35.8 Å². The maximum atomic E-state index is 12.8. The van der Waals surface area contributed by atoms with Gasteiger partial charge in [-0.25, -0.2) is 9.59 Å². The number of urea groups is 1. The molecule has 4 heterocycles. The minimum absolute atomic E-state index is 0.0505. The van der Waals surface area contributed by atoms with Gasteiger partial charge >= 0.3 is 12.0 Å².